The van der Waals surface area contributed by atoms with Gasteiger partial charge in [0.2, 0.25) is 0 Å². The Morgan fingerprint density at radius 3 is 1.96 bits per heavy atom. The zero-order valence-corrected chi connectivity index (χ0v) is 16.3. The molecule has 1 aromatic carbocycles. The molecule has 0 radical (unpaired) electrons. The van der Waals surface area contributed by atoms with Gasteiger partial charge in [-0.25, -0.2) is 0 Å². The van der Waals surface area contributed by atoms with Crippen molar-refractivity contribution in [3.8, 4) is 0 Å². The molecule has 2 atom stereocenters. The first-order chi connectivity index (χ1) is 11.6. The minimum Gasteiger partial charge on any atom is -0.357 e. The van der Waals surface area contributed by atoms with Gasteiger partial charge in [0.15, 0.2) is 0 Å². The maximum Gasteiger partial charge on any atom is 0.0555 e. The molecule has 24 heavy (non-hydrogen) atoms. The average Bonchev–Trinajstić information content (AvgIpc) is 3.12. The number of hydrogen-bond donors (Lipinski definition) is 0. The van der Waals surface area contributed by atoms with Crippen molar-refractivity contribution in [1.82, 2.24) is 0 Å². The Morgan fingerprint density at radius 1 is 1.04 bits per heavy atom. The Morgan fingerprint density at radius 2 is 1.54 bits per heavy atom. The lowest BCUT2D eigenvalue weighted by molar-refractivity contribution is 0.761. The van der Waals surface area contributed by atoms with Crippen molar-refractivity contribution in [2.75, 3.05) is 4.90 Å². The van der Waals surface area contributed by atoms with Crippen LogP contribution in [0.15, 0.2) is 66.3 Å². The molecule has 0 spiro atoms. The van der Waals surface area contributed by atoms with Gasteiger partial charge < -0.3 is 4.90 Å². The van der Waals surface area contributed by atoms with E-state index >= 15 is 0 Å². The van der Waals surface area contributed by atoms with E-state index in [9.17, 15) is 0 Å². The average molecular weight is 326 g/mol. The van der Waals surface area contributed by atoms with E-state index in [2.05, 4.69) is 83.0 Å². The van der Waals surface area contributed by atoms with Gasteiger partial charge in [-0.3, -0.25) is 0 Å². The van der Waals surface area contributed by atoms with Crippen LogP contribution < -0.4 is 4.90 Å². The summed E-state index contributed by atoms with van der Waals surface area (Å²) in [6, 6.07) is 11.7. The van der Waals surface area contributed by atoms with Crippen LogP contribution in [0, 0.1) is 0 Å². The Hall–Kier alpha value is -1.76. The molecule has 0 aromatic heterocycles. The summed E-state index contributed by atoms with van der Waals surface area (Å²) in [5.41, 5.74) is 5.33. The van der Waals surface area contributed by atoms with Crippen LogP contribution in [0.4, 0.5) is 5.69 Å². The molecule has 132 valence electrons. The maximum absolute atomic E-state index is 4.15. The van der Waals surface area contributed by atoms with Crippen LogP contribution in [0.1, 0.15) is 60.3 Å². The normalized spacial score (nSPS) is 20.8. The summed E-state index contributed by atoms with van der Waals surface area (Å²) in [6.07, 6.45) is 7.00. The molecule has 2 heterocycles. The smallest absolute Gasteiger partial charge is 0.0555 e. The Kier molecular flexibility index (Phi) is 8.60. The lowest BCUT2D eigenvalue weighted by Crippen LogP contribution is -2.30. The standard InChI is InChI=1S/C17H19N.2C3H8/c1-4-14-15-10-11-16(17(14)12(2)3)18(15)13-8-6-5-7-9-13;2*1-3-2/h4-9,15-16H,1-2,10-11H2,3H3;2*3H2,1-2H3. The predicted molar refractivity (Wildman–Crippen MR) is 110 cm³/mol. The molecule has 1 saturated heterocycles. The molecular formula is C23H35N. The number of benzene rings is 1. The largest absolute Gasteiger partial charge is 0.357 e. The molecule has 1 heteroatoms. The number of fused-ring (bicyclic) bond motifs is 2. The quantitative estimate of drug-likeness (QED) is 0.582. The van der Waals surface area contributed by atoms with E-state index in [-0.39, 0.29) is 0 Å². The summed E-state index contributed by atoms with van der Waals surface area (Å²) in [5, 5.41) is 0. The number of anilines is 1. The van der Waals surface area contributed by atoms with Crippen molar-refractivity contribution in [2.24, 2.45) is 0 Å². The van der Waals surface area contributed by atoms with E-state index in [1.807, 2.05) is 6.08 Å². The second-order valence-corrected chi connectivity index (χ2v) is 6.62. The summed E-state index contributed by atoms with van der Waals surface area (Å²) in [7, 11) is 0. The molecule has 1 fully saturated rings. The number of hydrogen-bond acceptors (Lipinski definition) is 1. The third-order valence-corrected chi connectivity index (χ3v) is 4.12. The lowest BCUT2D eigenvalue weighted by Gasteiger charge is -2.26. The van der Waals surface area contributed by atoms with E-state index in [1.165, 1.54) is 48.1 Å². The van der Waals surface area contributed by atoms with Crippen molar-refractivity contribution in [1.29, 1.82) is 0 Å². The van der Waals surface area contributed by atoms with Crippen molar-refractivity contribution in [3.63, 3.8) is 0 Å². The van der Waals surface area contributed by atoms with Crippen LogP contribution in [-0.2, 0) is 0 Å². The van der Waals surface area contributed by atoms with Gasteiger partial charge in [-0.15, -0.1) is 0 Å². The van der Waals surface area contributed by atoms with Gasteiger partial charge in [0.05, 0.1) is 12.1 Å². The summed E-state index contributed by atoms with van der Waals surface area (Å²) < 4.78 is 0. The molecule has 1 nitrogen and oxygen atoms in total. The van der Waals surface area contributed by atoms with Crippen molar-refractivity contribution in [3.05, 3.63) is 66.3 Å². The highest BCUT2D eigenvalue weighted by Crippen LogP contribution is 2.46. The van der Waals surface area contributed by atoms with Gasteiger partial charge in [0.25, 0.3) is 0 Å². The van der Waals surface area contributed by atoms with Gasteiger partial charge >= 0.3 is 0 Å². The first kappa shape index (κ1) is 20.3. The fourth-order valence-electron chi connectivity index (χ4n) is 3.51. The van der Waals surface area contributed by atoms with Gasteiger partial charge in [0, 0.05) is 5.69 Å². The van der Waals surface area contributed by atoms with E-state index in [1.54, 1.807) is 0 Å². The minimum atomic E-state index is 0.501. The summed E-state index contributed by atoms with van der Waals surface area (Å²) in [6.45, 7) is 18.8. The highest BCUT2D eigenvalue weighted by Gasteiger charge is 2.44. The second-order valence-electron chi connectivity index (χ2n) is 6.62. The van der Waals surface area contributed by atoms with Gasteiger partial charge in [0.1, 0.15) is 0 Å². The Bertz CT molecular complexity index is 551. The van der Waals surface area contributed by atoms with Gasteiger partial charge in [-0.1, -0.05) is 83.5 Å². The molecule has 0 amide bonds. The van der Waals surface area contributed by atoms with E-state index in [0.29, 0.717) is 12.1 Å². The zero-order chi connectivity index (χ0) is 18.1. The second kappa shape index (κ2) is 10.2. The fraction of sp³-hybridized carbons (Fsp3) is 0.478. The molecule has 3 rings (SSSR count). The summed E-state index contributed by atoms with van der Waals surface area (Å²) in [4.78, 5) is 2.54. The van der Waals surface area contributed by atoms with Crippen LogP contribution in [-0.4, -0.2) is 12.1 Å². The summed E-state index contributed by atoms with van der Waals surface area (Å²) >= 11 is 0. The SMILES string of the molecule is C=CC1=C(C(=C)C)C2CCC1N2c1ccccc1.CCC.CCC. The molecule has 0 aliphatic carbocycles. The van der Waals surface area contributed by atoms with Crippen LogP contribution >= 0.6 is 0 Å². The van der Waals surface area contributed by atoms with Crippen LogP contribution in [0.25, 0.3) is 0 Å². The van der Waals surface area contributed by atoms with Crippen molar-refractivity contribution in [2.45, 2.75) is 72.4 Å². The minimum absolute atomic E-state index is 0.501. The third-order valence-electron chi connectivity index (χ3n) is 4.12. The lowest BCUT2D eigenvalue weighted by atomic mass is 9.88. The molecule has 0 N–H and O–H groups in total. The van der Waals surface area contributed by atoms with Gasteiger partial charge in [-0.2, -0.15) is 0 Å². The number of rotatable bonds is 3. The zero-order valence-electron chi connectivity index (χ0n) is 16.3. The fourth-order valence-corrected chi connectivity index (χ4v) is 3.51. The summed E-state index contributed by atoms with van der Waals surface area (Å²) in [5.74, 6) is 0. The van der Waals surface area contributed by atoms with E-state index in [0.717, 1.165) is 0 Å². The monoisotopic (exact) mass is 325 g/mol. The van der Waals surface area contributed by atoms with Crippen LogP contribution in [0.5, 0.6) is 0 Å². The van der Waals surface area contributed by atoms with Crippen LogP contribution in [0.2, 0.25) is 0 Å². The first-order valence-corrected chi connectivity index (χ1v) is 9.42. The van der Waals surface area contributed by atoms with E-state index < -0.39 is 0 Å². The van der Waals surface area contributed by atoms with Crippen LogP contribution in [0.3, 0.4) is 0 Å². The molecular weight excluding hydrogens is 290 g/mol. The first-order valence-electron chi connectivity index (χ1n) is 9.42. The van der Waals surface area contributed by atoms with Crippen molar-refractivity contribution < 1.29 is 0 Å². The number of para-hydroxylation sites is 1. The number of nitrogens with zero attached hydrogens (tertiary/aromatic N) is 1. The van der Waals surface area contributed by atoms with Gasteiger partial charge in [-0.05, 0) is 43.0 Å². The topological polar surface area (TPSA) is 3.24 Å². The molecule has 2 aliphatic rings. The van der Waals surface area contributed by atoms with Crippen molar-refractivity contribution >= 4 is 5.69 Å². The molecule has 1 aromatic rings. The Balaban J connectivity index is 0.000000423. The molecule has 2 aliphatic heterocycles. The Labute approximate surface area is 149 Å². The molecule has 0 saturated carbocycles. The predicted octanol–water partition coefficient (Wildman–Crippen LogP) is 6.93. The molecule has 2 unspecified atom stereocenters. The van der Waals surface area contributed by atoms with E-state index in [4.69, 9.17) is 0 Å². The maximum atomic E-state index is 4.15. The molecule has 2 bridgehead atoms. The third kappa shape index (κ3) is 4.41. The highest BCUT2D eigenvalue weighted by atomic mass is 15.2. The highest BCUT2D eigenvalue weighted by molar-refractivity contribution is 5.64.